The van der Waals surface area contributed by atoms with E-state index in [-0.39, 0.29) is 49.2 Å². The third kappa shape index (κ3) is 9.29. The molecule has 0 radical (unpaired) electrons. The van der Waals surface area contributed by atoms with Crippen LogP contribution in [0.2, 0.25) is 0 Å². The second-order valence-corrected chi connectivity index (χ2v) is 20.0. The average molecular weight is 922 g/mol. The summed E-state index contributed by atoms with van der Waals surface area (Å²) in [6, 6.07) is 9.59. The fourth-order valence-electron chi connectivity index (χ4n) is 8.82. The number of ether oxygens (including phenoxy) is 3. The first-order valence-corrected chi connectivity index (χ1v) is 23.5. The number of alkyl carbamates (subject to hydrolysis) is 1. The molecule has 16 nitrogen and oxygen atoms in total. The molecule has 4 aromatic rings. The van der Waals surface area contributed by atoms with Gasteiger partial charge in [-0.05, 0) is 107 Å². The highest BCUT2D eigenvalue weighted by Crippen LogP contribution is 2.44. The molecule has 9 rings (SSSR count). The summed E-state index contributed by atoms with van der Waals surface area (Å²) >= 11 is 0. The van der Waals surface area contributed by atoms with Gasteiger partial charge in [0.15, 0.2) is 11.4 Å². The van der Waals surface area contributed by atoms with Gasteiger partial charge in [-0.15, -0.1) is 18.9 Å². The Labute approximate surface area is 371 Å². The Morgan fingerprint density at radius 1 is 0.985 bits per heavy atom. The standard InChI is InChI=1S/C45H47F3N6O10S/c1-43(21-22-43)65(59,60)53-41(57)44-24-27(44)11-5-3-2-4-6-15-32(49-42(58)62-28-12-7-8-13-28)40(56)54-25-30(23-33(54)38(55)52-44)61-39-36-35(31-14-9-10-16-34(31)63-36)50-37(51-39)26-17-19-29(20-18-26)64-45(46,47)48/h5,9-10,14,16-20,28,30,32-33H,2-4,6-8,12-13,15,21-25H2,1H3,(H,49,58)(H,52,55)(H,53,57)/p+1/t11?,30-,32+,33+,44-/m1/s1. The maximum Gasteiger partial charge on any atom is 0.573 e. The highest BCUT2D eigenvalue weighted by molar-refractivity contribution is 7.86. The Morgan fingerprint density at radius 2 is 1.72 bits per heavy atom. The molecular formula is C45H48F3N6O10S+. The van der Waals surface area contributed by atoms with Crippen LogP contribution in [0.25, 0.3) is 33.5 Å². The van der Waals surface area contributed by atoms with E-state index in [1.54, 1.807) is 37.3 Å². The first kappa shape index (κ1) is 44.2. The van der Waals surface area contributed by atoms with Crippen LogP contribution in [0.3, 0.4) is 0 Å². The molecule has 4 fully saturated rings. The zero-order valence-corrected chi connectivity index (χ0v) is 36.3. The quantitative estimate of drug-likeness (QED) is 0.175. The number of sulfonamides is 1. The van der Waals surface area contributed by atoms with Crippen molar-refractivity contribution in [3.8, 4) is 23.0 Å². The number of fused-ring (bicyclic) bond motifs is 5. The van der Waals surface area contributed by atoms with Crippen molar-refractivity contribution >= 4 is 55.9 Å². The second kappa shape index (κ2) is 17.1. The number of benzene rings is 2. The van der Waals surface area contributed by atoms with E-state index in [1.165, 1.54) is 17.0 Å². The Hall–Kier alpha value is -5.98. The molecule has 2 aromatic carbocycles. The van der Waals surface area contributed by atoms with Crippen LogP contribution in [0, 0.1) is 0 Å². The van der Waals surface area contributed by atoms with Gasteiger partial charge < -0.3 is 34.2 Å². The molecule has 65 heavy (non-hydrogen) atoms. The van der Waals surface area contributed by atoms with Crippen molar-refractivity contribution in [2.45, 2.75) is 131 Å². The third-order valence-corrected chi connectivity index (χ3v) is 15.2. The number of primary amides is 1. The van der Waals surface area contributed by atoms with Crippen molar-refractivity contribution in [1.29, 1.82) is 0 Å². The SMILES string of the molecule is CC1(S(=O)(=O)[NH2+]C(=O)[C@@]23CC2=C=CCCCCC[C@H](NC(=O)OC2CCCC2)C(=O)N2C[C@H](Oc4nc(-c5ccc(OC(F)(F)F)cc5)nc5c4oc4ccccc45)C[C@H]2C(=O)N3)CC1. The number of aromatic nitrogens is 2. The molecule has 3 aliphatic carbocycles. The molecule has 20 heteroatoms. The zero-order valence-electron chi connectivity index (χ0n) is 35.4. The van der Waals surface area contributed by atoms with Crippen LogP contribution in [0.4, 0.5) is 18.0 Å². The molecule has 0 spiro atoms. The molecule has 4 amide bonds. The number of quaternary nitrogens is 1. The normalized spacial score (nSPS) is 24.9. The number of nitrogens with one attached hydrogen (secondary N) is 2. The van der Waals surface area contributed by atoms with Crippen molar-refractivity contribution in [3.05, 3.63) is 65.9 Å². The second-order valence-electron chi connectivity index (χ2n) is 17.7. The van der Waals surface area contributed by atoms with Crippen LogP contribution >= 0.6 is 0 Å². The molecule has 3 saturated carbocycles. The maximum absolute atomic E-state index is 14.8. The number of carbonyl (C=O) groups excluding carboxylic acids is 4. The van der Waals surface area contributed by atoms with Gasteiger partial charge >= 0.3 is 28.4 Å². The number of rotatable bonds is 9. The highest BCUT2D eigenvalue weighted by atomic mass is 32.2. The van der Waals surface area contributed by atoms with Gasteiger partial charge in [0.1, 0.15) is 45.9 Å². The molecule has 1 saturated heterocycles. The molecule has 5 aliphatic rings. The van der Waals surface area contributed by atoms with Crippen LogP contribution in [0.1, 0.15) is 90.4 Å². The average Bonchev–Trinajstić information content (AvgIpc) is 3.92. The van der Waals surface area contributed by atoms with E-state index in [9.17, 15) is 40.8 Å². The van der Waals surface area contributed by atoms with Crippen molar-refractivity contribution in [2.24, 2.45) is 0 Å². The first-order chi connectivity index (χ1) is 31.0. The molecule has 4 N–H and O–H groups in total. The van der Waals surface area contributed by atoms with Gasteiger partial charge in [-0.25, -0.2) is 14.6 Å². The van der Waals surface area contributed by atoms with E-state index in [4.69, 9.17) is 18.9 Å². The molecule has 4 heterocycles. The fraction of sp³-hybridized carbons (Fsp3) is 0.489. The molecule has 2 aliphatic heterocycles. The van der Waals surface area contributed by atoms with Crippen LogP contribution in [-0.2, 0) is 29.1 Å². The minimum atomic E-state index is -4.90. The molecule has 0 bridgehead atoms. The Kier molecular flexibility index (Phi) is 11.6. The van der Waals surface area contributed by atoms with E-state index in [1.807, 2.05) is 0 Å². The number of carbonyl (C=O) groups is 4. The lowest BCUT2D eigenvalue weighted by Gasteiger charge is -2.29. The van der Waals surface area contributed by atoms with E-state index in [0.717, 1.165) is 25.0 Å². The number of amides is 4. The summed E-state index contributed by atoms with van der Waals surface area (Å²) in [7, 11) is -3.97. The number of alkyl halides is 3. The van der Waals surface area contributed by atoms with Gasteiger partial charge in [-0.2, -0.15) is 18.1 Å². The molecule has 344 valence electrons. The Balaban J connectivity index is 1.06. The maximum atomic E-state index is 14.8. The summed E-state index contributed by atoms with van der Waals surface area (Å²) in [5, 5.41) is 6.18. The topological polar surface area (TPSA) is 213 Å². The third-order valence-electron chi connectivity index (χ3n) is 12.9. The van der Waals surface area contributed by atoms with E-state index in [0.29, 0.717) is 83.7 Å². The smallest absolute Gasteiger partial charge is 0.470 e. The molecule has 4 atom stereocenters. The lowest BCUT2D eigenvalue weighted by molar-refractivity contribution is -0.417. The van der Waals surface area contributed by atoms with E-state index in [2.05, 4.69) is 26.1 Å². The monoisotopic (exact) mass is 921 g/mol. The minimum Gasteiger partial charge on any atom is -0.470 e. The number of furan rings is 1. The predicted octanol–water partition coefficient (Wildman–Crippen LogP) is 5.60. The summed E-state index contributed by atoms with van der Waals surface area (Å²) < 4.78 is 87.6. The van der Waals surface area contributed by atoms with Gasteiger partial charge in [-0.3, -0.25) is 9.59 Å². The van der Waals surface area contributed by atoms with Gasteiger partial charge in [0, 0.05) is 29.4 Å². The highest BCUT2D eigenvalue weighted by Gasteiger charge is 2.64. The lowest BCUT2D eigenvalue weighted by atomic mass is 10.1. The Morgan fingerprint density at radius 3 is 2.46 bits per heavy atom. The van der Waals surface area contributed by atoms with Gasteiger partial charge in [-0.1, -0.05) is 25.0 Å². The van der Waals surface area contributed by atoms with Crippen molar-refractivity contribution < 1.29 is 64.1 Å². The predicted molar refractivity (Wildman–Crippen MR) is 225 cm³/mol. The summed E-state index contributed by atoms with van der Waals surface area (Å²) in [6.45, 7) is 1.38. The first-order valence-electron chi connectivity index (χ1n) is 21.9. The zero-order chi connectivity index (χ0) is 45.7. The summed E-state index contributed by atoms with van der Waals surface area (Å²) in [4.78, 5) is 67.4. The van der Waals surface area contributed by atoms with Crippen LogP contribution in [0.5, 0.6) is 11.6 Å². The van der Waals surface area contributed by atoms with E-state index < -0.39 is 74.4 Å². The fourth-order valence-corrected chi connectivity index (χ4v) is 10.3. The molecule has 0 unspecified atom stereocenters. The number of nitrogens with two attached hydrogens (primary N) is 1. The van der Waals surface area contributed by atoms with Crippen LogP contribution in [0.15, 0.2) is 70.3 Å². The minimum absolute atomic E-state index is 0.0195. The van der Waals surface area contributed by atoms with Gasteiger partial charge in [0.2, 0.25) is 17.4 Å². The van der Waals surface area contributed by atoms with Gasteiger partial charge in [0.25, 0.3) is 5.88 Å². The summed E-state index contributed by atoms with van der Waals surface area (Å²) in [5.74, 6) is -2.61. The number of hydrogen-bond acceptors (Lipinski definition) is 12. The Bertz CT molecular complexity index is 2730. The van der Waals surface area contributed by atoms with E-state index >= 15 is 0 Å². The number of nitrogens with zero attached hydrogens (tertiary/aromatic N) is 3. The van der Waals surface area contributed by atoms with Crippen molar-refractivity contribution in [2.75, 3.05) is 6.54 Å². The summed E-state index contributed by atoms with van der Waals surface area (Å²) in [5.41, 5.74) is 3.05. The van der Waals surface area contributed by atoms with Crippen molar-refractivity contribution in [1.82, 2.24) is 25.5 Å². The number of para-hydroxylation sites is 1. The largest absolute Gasteiger partial charge is 0.573 e. The number of hydrogen-bond donors (Lipinski definition) is 3. The van der Waals surface area contributed by atoms with Crippen molar-refractivity contribution in [3.63, 3.8) is 0 Å². The summed E-state index contributed by atoms with van der Waals surface area (Å²) in [6.07, 6.45) is 1.55. The van der Waals surface area contributed by atoms with Crippen LogP contribution < -0.4 is 24.8 Å². The number of halogens is 3. The number of primary sulfonamides is 1. The molecular weight excluding hydrogens is 874 g/mol. The van der Waals surface area contributed by atoms with Crippen LogP contribution in [-0.4, -0.2) is 94.6 Å². The van der Waals surface area contributed by atoms with Gasteiger partial charge in [0.05, 0.1) is 6.54 Å². The molecule has 2 aromatic heterocycles. The lowest BCUT2D eigenvalue weighted by Crippen LogP contribution is -2.96.